The van der Waals surface area contributed by atoms with Gasteiger partial charge in [-0.2, -0.15) is 0 Å². The first-order valence-corrected chi connectivity index (χ1v) is 10.7. The molecular weight excluding hydrogens is 354 g/mol. The molecule has 0 aromatic heterocycles. The molecule has 1 aromatic rings. The van der Waals surface area contributed by atoms with Crippen molar-refractivity contribution >= 4 is 11.9 Å². The van der Waals surface area contributed by atoms with E-state index in [-0.39, 0.29) is 18.0 Å². The van der Waals surface area contributed by atoms with E-state index in [1.807, 2.05) is 35.2 Å². The van der Waals surface area contributed by atoms with Crippen molar-refractivity contribution in [3.8, 4) is 0 Å². The Morgan fingerprint density at radius 3 is 2.25 bits per heavy atom. The highest BCUT2D eigenvalue weighted by molar-refractivity contribution is 5.81. The SMILES string of the molecule is O=C(NCc1ccccc1)N1CCC(N(C(=O)C2CC2)C2CCOCC2)CC1. The molecule has 0 unspecified atom stereocenters. The zero-order valence-corrected chi connectivity index (χ0v) is 16.5. The summed E-state index contributed by atoms with van der Waals surface area (Å²) >= 11 is 0. The maximum absolute atomic E-state index is 13.0. The third kappa shape index (κ3) is 4.66. The highest BCUT2D eigenvalue weighted by atomic mass is 16.5. The second-order valence-corrected chi connectivity index (χ2v) is 8.23. The zero-order chi connectivity index (χ0) is 19.3. The fourth-order valence-electron chi connectivity index (χ4n) is 4.39. The van der Waals surface area contributed by atoms with Gasteiger partial charge in [-0.3, -0.25) is 4.79 Å². The van der Waals surface area contributed by atoms with E-state index >= 15 is 0 Å². The topological polar surface area (TPSA) is 61.9 Å². The molecule has 4 rings (SSSR count). The van der Waals surface area contributed by atoms with Gasteiger partial charge in [0, 0.05) is 50.8 Å². The molecule has 0 spiro atoms. The number of rotatable bonds is 5. The van der Waals surface area contributed by atoms with Crippen molar-refractivity contribution in [1.82, 2.24) is 15.1 Å². The molecule has 2 aliphatic heterocycles. The lowest BCUT2D eigenvalue weighted by molar-refractivity contribution is -0.141. The molecule has 3 aliphatic rings. The largest absolute Gasteiger partial charge is 0.381 e. The summed E-state index contributed by atoms with van der Waals surface area (Å²) in [6.07, 6.45) is 5.70. The molecule has 1 N–H and O–H groups in total. The molecule has 2 saturated heterocycles. The maximum Gasteiger partial charge on any atom is 0.317 e. The minimum atomic E-state index is -0.00608. The number of nitrogens with zero attached hydrogens (tertiary/aromatic N) is 2. The summed E-state index contributed by atoms with van der Waals surface area (Å²) in [5.74, 6) is 0.592. The average molecular weight is 386 g/mol. The number of urea groups is 1. The first kappa shape index (κ1) is 19.2. The van der Waals surface area contributed by atoms with Crippen LogP contribution >= 0.6 is 0 Å². The summed E-state index contributed by atoms with van der Waals surface area (Å²) in [6, 6.07) is 10.5. The van der Waals surface area contributed by atoms with Crippen LogP contribution in [0.5, 0.6) is 0 Å². The van der Waals surface area contributed by atoms with E-state index in [1.165, 1.54) is 0 Å². The highest BCUT2D eigenvalue weighted by Crippen LogP contribution is 2.35. The molecule has 1 saturated carbocycles. The van der Waals surface area contributed by atoms with E-state index in [2.05, 4.69) is 10.2 Å². The third-order valence-corrected chi connectivity index (χ3v) is 6.20. The zero-order valence-electron chi connectivity index (χ0n) is 16.5. The highest BCUT2D eigenvalue weighted by Gasteiger charge is 2.41. The number of carbonyl (C=O) groups is 2. The van der Waals surface area contributed by atoms with Crippen LogP contribution < -0.4 is 5.32 Å². The van der Waals surface area contributed by atoms with Crippen LogP contribution in [0.25, 0.3) is 0 Å². The summed E-state index contributed by atoms with van der Waals surface area (Å²) in [7, 11) is 0. The molecule has 152 valence electrons. The van der Waals surface area contributed by atoms with Crippen LogP contribution in [0, 0.1) is 5.92 Å². The summed E-state index contributed by atoms with van der Waals surface area (Å²) < 4.78 is 5.51. The molecule has 0 bridgehead atoms. The van der Waals surface area contributed by atoms with Gasteiger partial charge in [-0.05, 0) is 44.1 Å². The van der Waals surface area contributed by atoms with E-state index < -0.39 is 0 Å². The number of piperidine rings is 1. The molecule has 1 aromatic carbocycles. The number of benzene rings is 1. The van der Waals surface area contributed by atoms with Gasteiger partial charge >= 0.3 is 6.03 Å². The summed E-state index contributed by atoms with van der Waals surface area (Å²) in [5, 5.41) is 3.02. The molecule has 3 amide bonds. The van der Waals surface area contributed by atoms with E-state index in [1.54, 1.807) is 0 Å². The number of carbonyl (C=O) groups excluding carboxylic acids is 2. The predicted octanol–water partition coefficient (Wildman–Crippen LogP) is 2.78. The van der Waals surface area contributed by atoms with E-state index in [0.717, 1.165) is 57.3 Å². The van der Waals surface area contributed by atoms with E-state index in [4.69, 9.17) is 4.74 Å². The Balaban J connectivity index is 1.31. The second-order valence-electron chi connectivity index (χ2n) is 8.23. The van der Waals surface area contributed by atoms with Gasteiger partial charge in [0.15, 0.2) is 0 Å². The Labute approximate surface area is 167 Å². The molecule has 6 heteroatoms. The lowest BCUT2D eigenvalue weighted by Gasteiger charge is -2.43. The molecule has 6 nitrogen and oxygen atoms in total. The molecule has 28 heavy (non-hydrogen) atoms. The summed E-state index contributed by atoms with van der Waals surface area (Å²) in [5.41, 5.74) is 1.10. The first-order valence-electron chi connectivity index (χ1n) is 10.7. The van der Waals surface area contributed by atoms with Crippen molar-refractivity contribution < 1.29 is 14.3 Å². The van der Waals surface area contributed by atoms with Crippen molar-refractivity contribution in [3.63, 3.8) is 0 Å². The third-order valence-electron chi connectivity index (χ3n) is 6.20. The summed E-state index contributed by atoms with van der Waals surface area (Å²) in [6.45, 7) is 3.47. The van der Waals surface area contributed by atoms with Crippen LogP contribution in [0.4, 0.5) is 4.79 Å². The Hall–Kier alpha value is -2.08. The van der Waals surface area contributed by atoms with Gasteiger partial charge in [0.1, 0.15) is 0 Å². The van der Waals surface area contributed by atoms with Gasteiger partial charge in [0.2, 0.25) is 5.91 Å². The van der Waals surface area contributed by atoms with Gasteiger partial charge in [0.05, 0.1) is 0 Å². The van der Waals surface area contributed by atoms with Gasteiger partial charge in [-0.15, -0.1) is 0 Å². The summed E-state index contributed by atoms with van der Waals surface area (Å²) in [4.78, 5) is 29.6. The quantitative estimate of drug-likeness (QED) is 0.848. The van der Waals surface area contributed by atoms with Crippen molar-refractivity contribution in [2.75, 3.05) is 26.3 Å². The average Bonchev–Trinajstić information content (AvgIpc) is 3.60. The molecule has 2 heterocycles. The van der Waals surface area contributed by atoms with Crippen molar-refractivity contribution in [2.24, 2.45) is 5.92 Å². The predicted molar refractivity (Wildman–Crippen MR) is 107 cm³/mol. The molecular formula is C22H31N3O3. The number of ether oxygens (including phenoxy) is 1. The Morgan fingerprint density at radius 2 is 1.61 bits per heavy atom. The molecule has 0 radical (unpaired) electrons. The van der Waals surface area contributed by atoms with Crippen LogP contribution in [0.3, 0.4) is 0 Å². The van der Waals surface area contributed by atoms with E-state index in [9.17, 15) is 9.59 Å². The van der Waals surface area contributed by atoms with Crippen LogP contribution in [0.1, 0.15) is 44.1 Å². The number of nitrogens with one attached hydrogen (secondary N) is 1. The van der Waals surface area contributed by atoms with Crippen molar-refractivity contribution in [1.29, 1.82) is 0 Å². The normalized spacial score (nSPS) is 21.4. The Morgan fingerprint density at radius 1 is 0.964 bits per heavy atom. The number of hydrogen-bond donors (Lipinski definition) is 1. The molecule has 1 aliphatic carbocycles. The Kier molecular flexibility index (Phi) is 6.15. The minimum absolute atomic E-state index is 0.00608. The first-order chi connectivity index (χ1) is 13.7. The number of amides is 3. The van der Waals surface area contributed by atoms with Crippen LogP contribution in [0.15, 0.2) is 30.3 Å². The van der Waals surface area contributed by atoms with Crippen LogP contribution in [-0.4, -0.2) is 60.1 Å². The maximum atomic E-state index is 13.0. The fourth-order valence-corrected chi connectivity index (χ4v) is 4.39. The molecule has 3 fully saturated rings. The van der Waals surface area contributed by atoms with Crippen LogP contribution in [0.2, 0.25) is 0 Å². The van der Waals surface area contributed by atoms with Gasteiger partial charge in [-0.25, -0.2) is 4.79 Å². The van der Waals surface area contributed by atoms with Crippen molar-refractivity contribution in [3.05, 3.63) is 35.9 Å². The minimum Gasteiger partial charge on any atom is -0.381 e. The lowest BCUT2D eigenvalue weighted by atomic mass is 9.97. The lowest BCUT2D eigenvalue weighted by Crippen LogP contribution is -2.55. The fraction of sp³-hybridized carbons (Fsp3) is 0.636. The van der Waals surface area contributed by atoms with E-state index in [0.29, 0.717) is 31.6 Å². The Bertz CT molecular complexity index is 663. The second kappa shape index (κ2) is 8.95. The van der Waals surface area contributed by atoms with Crippen LogP contribution in [-0.2, 0) is 16.1 Å². The smallest absolute Gasteiger partial charge is 0.317 e. The van der Waals surface area contributed by atoms with Gasteiger partial charge < -0.3 is 19.9 Å². The van der Waals surface area contributed by atoms with Gasteiger partial charge in [-0.1, -0.05) is 30.3 Å². The van der Waals surface area contributed by atoms with Crippen molar-refractivity contribution in [2.45, 2.75) is 57.2 Å². The standard InChI is InChI=1S/C22H31N3O3/c26-21(18-6-7-18)25(20-10-14-28-15-11-20)19-8-12-24(13-9-19)22(27)23-16-17-4-2-1-3-5-17/h1-5,18-20H,6-16H2,(H,23,27). The molecule has 0 atom stereocenters. The number of likely N-dealkylation sites (tertiary alicyclic amines) is 1. The number of hydrogen-bond acceptors (Lipinski definition) is 3. The van der Waals surface area contributed by atoms with Gasteiger partial charge in [0.25, 0.3) is 0 Å². The monoisotopic (exact) mass is 385 g/mol.